The maximum atomic E-state index is 11.8. The van der Waals surface area contributed by atoms with Gasteiger partial charge in [-0.2, -0.15) is 0 Å². The fourth-order valence-corrected chi connectivity index (χ4v) is 4.39. The van der Waals surface area contributed by atoms with Crippen molar-refractivity contribution >= 4 is 11.8 Å². The summed E-state index contributed by atoms with van der Waals surface area (Å²) in [6, 6.07) is 10.3. The minimum Gasteiger partial charge on any atom is -0.466 e. The highest BCUT2D eigenvalue weighted by atomic mass is 16.5. The monoisotopic (exact) mass is 408 g/mol. The lowest BCUT2D eigenvalue weighted by molar-refractivity contribution is -0.143. The highest BCUT2D eigenvalue weighted by Crippen LogP contribution is 2.31. The number of rotatable bonds is 6. The molecule has 160 valence electrons. The molecule has 4 rings (SSSR count). The number of aromatic nitrogens is 2. The molecule has 1 aromatic heterocycles. The van der Waals surface area contributed by atoms with Gasteiger partial charge in [-0.15, -0.1) is 0 Å². The highest BCUT2D eigenvalue weighted by molar-refractivity contribution is 5.69. The summed E-state index contributed by atoms with van der Waals surface area (Å²) in [4.78, 5) is 26.7. The number of carbonyl (C=O) groups is 1. The fraction of sp³-hybridized carbons (Fsp3) is 0.542. The van der Waals surface area contributed by atoms with Crippen molar-refractivity contribution in [2.24, 2.45) is 0 Å². The average molecular weight is 409 g/mol. The van der Waals surface area contributed by atoms with Gasteiger partial charge in [0, 0.05) is 50.3 Å². The Labute approximate surface area is 179 Å². The van der Waals surface area contributed by atoms with E-state index in [4.69, 9.17) is 14.7 Å². The molecular weight excluding hydrogens is 376 g/mol. The Morgan fingerprint density at radius 3 is 2.53 bits per heavy atom. The van der Waals surface area contributed by atoms with E-state index in [0.717, 1.165) is 62.0 Å². The first-order valence-electron chi connectivity index (χ1n) is 11.3. The van der Waals surface area contributed by atoms with E-state index in [0.29, 0.717) is 13.0 Å². The molecule has 6 heteroatoms. The molecular formula is C24H32N4O2. The number of benzene rings is 1. The van der Waals surface area contributed by atoms with Gasteiger partial charge in [0.25, 0.3) is 0 Å². The maximum absolute atomic E-state index is 11.8. The number of ether oxygens (including phenoxy) is 1. The largest absolute Gasteiger partial charge is 0.466 e. The number of esters is 1. The third kappa shape index (κ3) is 4.98. The van der Waals surface area contributed by atoms with Gasteiger partial charge < -0.3 is 9.64 Å². The second kappa shape index (κ2) is 10.0. The van der Waals surface area contributed by atoms with Gasteiger partial charge in [0.1, 0.15) is 5.82 Å². The zero-order valence-corrected chi connectivity index (χ0v) is 18.0. The van der Waals surface area contributed by atoms with Crippen LogP contribution in [0.4, 0.5) is 5.82 Å². The number of hydrogen-bond donors (Lipinski definition) is 0. The zero-order valence-electron chi connectivity index (χ0n) is 18.0. The average Bonchev–Trinajstić information content (AvgIpc) is 3.07. The van der Waals surface area contributed by atoms with Crippen LogP contribution >= 0.6 is 0 Å². The standard InChI is InChI=1S/C24H32N4O2/c1-2-30-22(29)13-17-27-16-12-21-20(18-27)24(28-14-8-3-4-9-15-28)26-23(25-21)19-10-6-5-7-11-19/h5-7,10-11H,2-4,8-9,12-18H2,1H3. The van der Waals surface area contributed by atoms with Crippen LogP contribution in [0.1, 0.15) is 50.3 Å². The van der Waals surface area contributed by atoms with Gasteiger partial charge in [-0.1, -0.05) is 43.2 Å². The van der Waals surface area contributed by atoms with E-state index >= 15 is 0 Å². The predicted molar refractivity (Wildman–Crippen MR) is 118 cm³/mol. The fourth-order valence-electron chi connectivity index (χ4n) is 4.39. The van der Waals surface area contributed by atoms with E-state index in [-0.39, 0.29) is 5.97 Å². The molecule has 0 spiro atoms. The number of carbonyl (C=O) groups excluding carboxylic acids is 1. The van der Waals surface area contributed by atoms with Crippen molar-refractivity contribution in [3.63, 3.8) is 0 Å². The quantitative estimate of drug-likeness (QED) is 0.677. The van der Waals surface area contributed by atoms with Crippen LogP contribution in [0, 0.1) is 0 Å². The van der Waals surface area contributed by atoms with E-state index in [9.17, 15) is 4.79 Å². The molecule has 0 N–H and O–H groups in total. The van der Waals surface area contributed by atoms with Crippen LogP contribution < -0.4 is 4.90 Å². The van der Waals surface area contributed by atoms with Gasteiger partial charge in [0.2, 0.25) is 0 Å². The van der Waals surface area contributed by atoms with Gasteiger partial charge in [-0.25, -0.2) is 9.97 Å². The molecule has 30 heavy (non-hydrogen) atoms. The van der Waals surface area contributed by atoms with Crippen molar-refractivity contribution in [3.05, 3.63) is 41.6 Å². The van der Waals surface area contributed by atoms with E-state index in [1.54, 1.807) is 0 Å². The summed E-state index contributed by atoms with van der Waals surface area (Å²) < 4.78 is 5.10. The summed E-state index contributed by atoms with van der Waals surface area (Å²) in [5, 5.41) is 0. The van der Waals surface area contributed by atoms with Gasteiger partial charge in [0.05, 0.1) is 18.7 Å². The molecule has 0 saturated carbocycles. The van der Waals surface area contributed by atoms with Crippen molar-refractivity contribution in [2.45, 2.75) is 52.0 Å². The van der Waals surface area contributed by atoms with Gasteiger partial charge in [-0.3, -0.25) is 9.69 Å². The third-order valence-corrected chi connectivity index (χ3v) is 5.99. The van der Waals surface area contributed by atoms with Crippen molar-refractivity contribution in [2.75, 3.05) is 37.7 Å². The molecule has 0 aliphatic carbocycles. The van der Waals surface area contributed by atoms with Crippen LogP contribution in [0.5, 0.6) is 0 Å². The normalized spacial score (nSPS) is 17.3. The van der Waals surface area contributed by atoms with Crippen LogP contribution in [0.15, 0.2) is 30.3 Å². The third-order valence-electron chi connectivity index (χ3n) is 5.99. The molecule has 3 heterocycles. The van der Waals surface area contributed by atoms with E-state index in [1.807, 2.05) is 25.1 Å². The summed E-state index contributed by atoms with van der Waals surface area (Å²) in [6.07, 6.45) is 6.34. The number of fused-ring (bicyclic) bond motifs is 1. The van der Waals surface area contributed by atoms with Gasteiger partial charge in [-0.05, 0) is 19.8 Å². The SMILES string of the molecule is CCOC(=O)CCN1CCc2nc(-c3ccccc3)nc(N3CCCCCC3)c2C1. The molecule has 0 bridgehead atoms. The zero-order chi connectivity index (χ0) is 20.8. The van der Waals surface area contributed by atoms with E-state index in [2.05, 4.69) is 21.9 Å². The summed E-state index contributed by atoms with van der Waals surface area (Å²) in [5.41, 5.74) is 3.48. The van der Waals surface area contributed by atoms with Crippen molar-refractivity contribution in [1.29, 1.82) is 0 Å². The Kier molecular flexibility index (Phi) is 6.95. The Morgan fingerprint density at radius 1 is 1.03 bits per heavy atom. The molecule has 1 saturated heterocycles. The van der Waals surface area contributed by atoms with Gasteiger partial charge >= 0.3 is 5.97 Å². The summed E-state index contributed by atoms with van der Waals surface area (Å²) in [5.74, 6) is 1.81. The second-order valence-corrected chi connectivity index (χ2v) is 8.14. The molecule has 0 amide bonds. The Bertz CT molecular complexity index is 848. The van der Waals surface area contributed by atoms with Crippen molar-refractivity contribution < 1.29 is 9.53 Å². The van der Waals surface area contributed by atoms with Crippen molar-refractivity contribution in [1.82, 2.24) is 14.9 Å². The minimum absolute atomic E-state index is 0.119. The number of nitrogens with zero attached hydrogens (tertiary/aromatic N) is 4. The number of hydrogen-bond acceptors (Lipinski definition) is 6. The summed E-state index contributed by atoms with van der Waals surface area (Å²) in [7, 11) is 0. The second-order valence-electron chi connectivity index (χ2n) is 8.14. The van der Waals surface area contributed by atoms with Crippen LogP contribution in [-0.4, -0.2) is 53.6 Å². The minimum atomic E-state index is -0.119. The molecule has 0 radical (unpaired) electrons. The van der Waals surface area contributed by atoms with E-state index in [1.165, 1.54) is 31.2 Å². The Morgan fingerprint density at radius 2 is 1.80 bits per heavy atom. The van der Waals surface area contributed by atoms with Crippen LogP contribution in [0.2, 0.25) is 0 Å². The molecule has 2 aliphatic heterocycles. The molecule has 1 aromatic carbocycles. The lowest BCUT2D eigenvalue weighted by Crippen LogP contribution is -2.36. The highest BCUT2D eigenvalue weighted by Gasteiger charge is 2.26. The molecule has 2 aliphatic rings. The molecule has 1 fully saturated rings. The van der Waals surface area contributed by atoms with E-state index < -0.39 is 0 Å². The molecule has 0 atom stereocenters. The number of anilines is 1. The first-order chi connectivity index (χ1) is 14.7. The molecule has 0 unspecified atom stereocenters. The van der Waals surface area contributed by atoms with Crippen LogP contribution in [0.3, 0.4) is 0 Å². The molecule has 2 aromatic rings. The first-order valence-corrected chi connectivity index (χ1v) is 11.3. The first kappa shape index (κ1) is 20.8. The smallest absolute Gasteiger partial charge is 0.307 e. The lowest BCUT2D eigenvalue weighted by atomic mass is 10.0. The maximum Gasteiger partial charge on any atom is 0.307 e. The lowest BCUT2D eigenvalue weighted by Gasteiger charge is -2.32. The Hall–Kier alpha value is -2.47. The van der Waals surface area contributed by atoms with Crippen molar-refractivity contribution in [3.8, 4) is 11.4 Å². The Balaban J connectivity index is 1.62. The summed E-state index contributed by atoms with van der Waals surface area (Å²) in [6.45, 7) is 6.84. The van der Waals surface area contributed by atoms with Crippen LogP contribution in [-0.2, 0) is 22.5 Å². The molecule has 6 nitrogen and oxygen atoms in total. The van der Waals surface area contributed by atoms with Crippen LogP contribution in [0.25, 0.3) is 11.4 Å². The van der Waals surface area contributed by atoms with Gasteiger partial charge in [0.15, 0.2) is 5.82 Å². The summed E-state index contributed by atoms with van der Waals surface area (Å²) >= 11 is 0. The topological polar surface area (TPSA) is 58.6 Å². The predicted octanol–water partition coefficient (Wildman–Crippen LogP) is 3.84.